The largest absolute Gasteiger partial charge is 0.499 e. The Kier molecular flexibility index (Phi) is 7.40. The first kappa shape index (κ1) is 16.8. The van der Waals surface area contributed by atoms with Crippen molar-refractivity contribution in [2.75, 3.05) is 13.2 Å². The molecular formula is C14H24O6. The molecule has 0 aromatic heterocycles. The van der Waals surface area contributed by atoms with E-state index in [-0.39, 0.29) is 5.76 Å². The molecular weight excluding hydrogens is 264 g/mol. The van der Waals surface area contributed by atoms with Gasteiger partial charge in [-0.2, -0.15) is 0 Å². The first-order chi connectivity index (χ1) is 9.61. The van der Waals surface area contributed by atoms with Crippen LogP contribution in [0.4, 0.5) is 0 Å². The smallest absolute Gasteiger partial charge is 0.378 e. The summed E-state index contributed by atoms with van der Waals surface area (Å²) in [5, 5.41) is 27.9. The van der Waals surface area contributed by atoms with Gasteiger partial charge in [0, 0.05) is 0 Å². The standard InChI is InChI=1S/C14H24O6/c1-2-3-4-5-6-7-8-19-13-11(17)14(18)20-12(13)10(16)9-15/h10,12,15-17H,2-9H2,1H3/t10-,12+/m0/s1. The van der Waals surface area contributed by atoms with Gasteiger partial charge in [-0.1, -0.05) is 39.0 Å². The molecule has 0 spiro atoms. The average molecular weight is 288 g/mol. The molecule has 0 aromatic rings. The predicted octanol–water partition coefficient (Wildman–Crippen LogP) is 1.41. The van der Waals surface area contributed by atoms with Crippen LogP contribution in [-0.2, 0) is 14.3 Å². The molecule has 6 nitrogen and oxygen atoms in total. The normalized spacial score (nSPS) is 20.1. The van der Waals surface area contributed by atoms with Gasteiger partial charge in [-0.15, -0.1) is 0 Å². The lowest BCUT2D eigenvalue weighted by atomic mass is 10.1. The fraction of sp³-hybridized carbons (Fsp3) is 0.786. The number of rotatable bonds is 10. The molecule has 1 aliphatic rings. The van der Waals surface area contributed by atoms with Gasteiger partial charge in [0.05, 0.1) is 13.2 Å². The SMILES string of the molecule is CCCCCCCCOC1=C(O)C(=O)O[C@@H]1[C@@H](O)CO. The second-order valence-electron chi connectivity index (χ2n) is 4.90. The Labute approximate surface area is 119 Å². The number of cyclic esters (lactones) is 1. The van der Waals surface area contributed by atoms with Crippen LogP contribution in [0.2, 0.25) is 0 Å². The van der Waals surface area contributed by atoms with Crippen LogP contribution in [0.3, 0.4) is 0 Å². The minimum absolute atomic E-state index is 0.0786. The fourth-order valence-electron chi connectivity index (χ4n) is 2.02. The molecule has 0 aromatic carbocycles. The number of aliphatic hydroxyl groups is 3. The zero-order valence-electron chi connectivity index (χ0n) is 11.9. The molecule has 1 aliphatic heterocycles. The monoisotopic (exact) mass is 288 g/mol. The van der Waals surface area contributed by atoms with Gasteiger partial charge < -0.3 is 24.8 Å². The maximum Gasteiger partial charge on any atom is 0.378 e. The van der Waals surface area contributed by atoms with E-state index in [2.05, 4.69) is 6.92 Å². The second-order valence-corrected chi connectivity index (χ2v) is 4.90. The fourth-order valence-corrected chi connectivity index (χ4v) is 2.02. The van der Waals surface area contributed by atoms with Gasteiger partial charge in [0.2, 0.25) is 5.76 Å². The van der Waals surface area contributed by atoms with Crippen LogP contribution >= 0.6 is 0 Å². The summed E-state index contributed by atoms with van der Waals surface area (Å²) >= 11 is 0. The van der Waals surface area contributed by atoms with E-state index in [1.54, 1.807) is 0 Å². The van der Waals surface area contributed by atoms with Crippen LogP contribution in [0.5, 0.6) is 0 Å². The third kappa shape index (κ3) is 4.68. The summed E-state index contributed by atoms with van der Waals surface area (Å²) in [4.78, 5) is 11.2. The molecule has 6 heteroatoms. The third-order valence-electron chi connectivity index (χ3n) is 3.21. The maximum absolute atomic E-state index is 11.2. The quantitative estimate of drug-likeness (QED) is 0.415. The van der Waals surface area contributed by atoms with Crippen molar-refractivity contribution >= 4 is 5.97 Å². The van der Waals surface area contributed by atoms with Crippen LogP contribution in [0.15, 0.2) is 11.5 Å². The first-order valence-electron chi connectivity index (χ1n) is 7.17. The molecule has 0 bridgehead atoms. The van der Waals surface area contributed by atoms with Gasteiger partial charge in [0.25, 0.3) is 0 Å². The molecule has 0 saturated heterocycles. The molecule has 3 N–H and O–H groups in total. The average Bonchev–Trinajstić information content (AvgIpc) is 2.73. The highest BCUT2D eigenvalue weighted by Crippen LogP contribution is 2.25. The van der Waals surface area contributed by atoms with Gasteiger partial charge in [-0.3, -0.25) is 0 Å². The van der Waals surface area contributed by atoms with E-state index in [4.69, 9.17) is 14.6 Å². The van der Waals surface area contributed by atoms with Gasteiger partial charge in [0.1, 0.15) is 6.10 Å². The minimum Gasteiger partial charge on any atom is -0.499 e. The van der Waals surface area contributed by atoms with E-state index in [1.165, 1.54) is 19.3 Å². The Hall–Kier alpha value is -1.27. The predicted molar refractivity (Wildman–Crippen MR) is 72.0 cm³/mol. The molecule has 0 saturated carbocycles. The highest BCUT2D eigenvalue weighted by Gasteiger charge is 2.40. The van der Waals surface area contributed by atoms with Gasteiger partial charge in [0.15, 0.2) is 11.9 Å². The van der Waals surface area contributed by atoms with Crippen molar-refractivity contribution in [3.63, 3.8) is 0 Å². The van der Waals surface area contributed by atoms with Crippen molar-refractivity contribution in [1.82, 2.24) is 0 Å². The Bertz CT molecular complexity index is 339. The second kappa shape index (κ2) is 8.81. The van der Waals surface area contributed by atoms with Gasteiger partial charge >= 0.3 is 5.97 Å². The van der Waals surface area contributed by atoms with Crippen LogP contribution in [-0.4, -0.2) is 46.7 Å². The summed E-state index contributed by atoms with van der Waals surface area (Å²) in [7, 11) is 0. The number of ether oxygens (including phenoxy) is 2. The molecule has 0 radical (unpaired) electrons. The number of unbranched alkanes of at least 4 members (excludes halogenated alkanes) is 5. The van der Waals surface area contributed by atoms with Crippen molar-refractivity contribution in [3.05, 3.63) is 11.5 Å². The molecule has 1 heterocycles. The molecule has 2 atom stereocenters. The van der Waals surface area contributed by atoms with E-state index < -0.39 is 30.5 Å². The third-order valence-corrected chi connectivity index (χ3v) is 3.21. The van der Waals surface area contributed by atoms with Crippen molar-refractivity contribution < 1.29 is 29.6 Å². The lowest BCUT2D eigenvalue weighted by molar-refractivity contribution is -0.148. The number of hydrogen-bond acceptors (Lipinski definition) is 6. The number of carbonyl (C=O) groups is 1. The molecule has 0 fully saturated rings. The summed E-state index contributed by atoms with van der Waals surface area (Å²) in [6.45, 7) is 1.92. The summed E-state index contributed by atoms with van der Waals surface area (Å²) < 4.78 is 10.1. The van der Waals surface area contributed by atoms with E-state index in [9.17, 15) is 15.0 Å². The minimum atomic E-state index is -1.29. The number of aliphatic hydroxyl groups excluding tert-OH is 3. The number of hydrogen-bond donors (Lipinski definition) is 3. The molecule has 0 unspecified atom stereocenters. The van der Waals surface area contributed by atoms with E-state index in [1.807, 2.05) is 0 Å². The molecule has 116 valence electrons. The molecule has 20 heavy (non-hydrogen) atoms. The van der Waals surface area contributed by atoms with Crippen molar-refractivity contribution in [3.8, 4) is 0 Å². The van der Waals surface area contributed by atoms with Crippen LogP contribution in [0.1, 0.15) is 45.4 Å². The molecule has 0 aliphatic carbocycles. The van der Waals surface area contributed by atoms with Crippen molar-refractivity contribution in [1.29, 1.82) is 0 Å². The Morgan fingerprint density at radius 1 is 1.25 bits per heavy atom. The topological polar surface area (TPSA) is 96.2 Å². The zero-order chi connectivity index (χ0) is 15.0. The highest BCUT2D eigenvalue weighted by atomic mass is 16.6. The van der Waals surface area contributed by atoms with Crippen LogP contribution in [0.25, 0.3) is 0 Å². The van der Waals surface area contributed by atoms with E-state index >= 15 is 0 Å². The van der Waals surface area contributed by atoms with Crippen molar-refractivity contribution in [2.45, 2.75) is 57.7 Å². The summed E-state index contributed by atoms with van der Waals surface area (Å²) in [5.74, 6) is -1.63. The maximum atomic E-state index is 11.2. The Morgan fingerprint density at radius 2 is 1.90 bits per heavy atom. The zero-order valence-corrected chi connectivity index (χ0v) is 11.9. The summed E-state index contributed by atoms with van der Waals surface area (Å²) in [5.41, 5.74) is 0. The van der Waals surface area contributed by atoms with Gasteiger partial charge in [-0.25, -0.2) is 4.79 Å². The first-order valence-corrected chi connectivity index (χ1v) is 7.17. The molecule has 0 amide bonds. The van der Waals surface area contributed by atoms with Crippen LogP contribution in [0, 0.1) is 0 Å². The summed E-state index contributed by atoms with van der Waals surface area (Å²) in [6, 6.07) is 0. The molecule has 1 rings (SSSR count). The van der Waals surface area contributed by atoms with E-state index in [0.29, 0.717) is 6.61 Å². The van der Waals surface area contributed by atoms with E-state index in [0.717, 1.165) is 19.3 Å². The highest BCUT2D eigenvalue weighted by molar-refractivity contribution is 5.89. The lowest BCUT2D eigenvalue weighted by Crippen LogP contribution is -2.32. The van der Waals surface area contributed by atoms with Gasteiger partial charge in [-0.05, 0) is 6.42 Å². The van der Waals surface area contributed by atoms with Crippen LogP contribution < -0.4 is 0 Å². The summed E-state index contributed by atoms with van der Waals surface area (Å²) in [6.07, 6.45) is 4.14. The Morgan fingerprint density at radius 3 is 2.55 bits per heavy atom. The lowest BCUT2D eigenvalue weighted by Gasteiger charge is -2.18. The Balaban J connectivity index is 2.34. The van der Waals surface area contributed by atoms with Crippen molar-refractivity contribution in [2.24, 2.45) is 0 Å². The number of esters is 1. The number of carbonyl (C=O) groups excluding carboxylic acids is 1.